The van der Waals surface area contributed by atoms with Gasteiger partial charge in [-0.3, -0.25) is 14.4 Å². The summed E-state index contributed by atoms with van der Waals surface area (Å²) in [6.45, 7) is 6.49. The van der Waals surface area contributed by atoms with E-state index in [1.807, 2.05) is 0 Å². The molecule has 0 rings (SSSR count). The molecule has 0 saturated heterocycles. The molecule has 0 aliphatic heterocycles. The molecule has 0 heterocycles. The third kappa shape index (κ3) is 46.2. The third-order valence-electron chi connectivity index (χ3n) is 10.7. The monoisotopic (exact) mass is 839 g/mol. The molecule has 0 aromatic carbocycles. The molecule has 0 aromatic heterocycles. The van der Waals surface area contributed by atoms with Gasteiger partial charge in [0.2, 0.25) is 0 Å². The first-order valence-electron chi connectivity index (χ1n) is 25.3. The molecule has 1 atom stereocenters. The number of ether oxygens (including phenoxy) is 3. The maximum absolute atomic E-state index is 12.8. The van der Waals surface area contributed by atoms with Gasteiger partial charge in [0, 0.05) is 19.3 Å². The van der Waals surface area contributed by atoms with E-state index < -0.39 is 6.10 Å². The summed E-state index contributed by atoms with van der Waals surface area (Å²) in [5.41, 5.74) is 0. The highest BCUT2D eigenvalue weighted by molar-refractivity contribution is 5.71. The Bertz CT molecular complexity index is 1100. The second kappa shape index (κ2) is 48.8. The lowest BCUT2D eigenvalue weighted by atomic mass is 10.1. The van der Waals surface area contributed by atoms with Gasteiger partial charge in [0.15, 0.2) is 6.10 Å². The maximum atomic E-state index is 12.8. The first kappa shape index (κ1) is 57.1. The summed E-state index contributed by atoms with van der Waals surface area (Å²) in [5.74, 6) is -0.917. The van der Waals surface area contributed by atoms with E-state index in [2.05, 4.69) is 81.5 Å². The Labute approximate surface area is 370 Å². The van der Waals surface area contributed by atoms with E-state index in [1.165, 1.54) is 96.3 Å². The summed E-state index contributed by atoms with van der Waals surface area (Å²) in [5, 5.41) is 0. The molecule has 0 aromatic rings. The summed E-state index contributed by atoms with van der Waals surface area (Å²) in [6, 6.07) is 0. The number of unbranched alkanes of at least 4 members (excludes halogenated alkanes) is 24. The second-order valence-corrected chi connectivity index (χ2v) is 16.7. The Balaban J connectivity index is 4.38. The molecule has 6 heteroatoms. The van der Waals surface area contributed by atoms with E-state index in [1.54, 1.807) is 0 Å². The van der Waals surface area contributed by atoms with Crippen LogP contribution in [-0.2, 0) is 28.6 Å². The lowest BCUT2D eigenvalue weighted by Gasteiger charge is -2.18. The van der Waals surface area contributed by atoms with Crippen LogP contribution in [0.25, 0.3) is 0 Å². The largest absolute Gasteiger partial charge is 0.462 e. The van der Waals surface area contributed by atoms with Crippen LogP contribution in [-0.4, -0.2) is 37.2 Å². The Hall–Kier alpha value is -2.89. The molecule has 1 unspecified atom stereocenters. The van der Waals surface area contributed by atoms with Gasteiger partial charge in [-0.25, -0.2) is 0 Å². The molecule has 6 nitrogen and oxygen atoms in total. The first-order valence-corrected chi connectivity index (χ1v) is 25.3. The van der Waals surface area contributed by atoms with Crippen LogP contribution in [0.2, 0.25) is 0 Å². The Morgan fingerprint density at radius 3 is 1.05 bits per heavy atom. The number of carbonyl (C=O) groups is 3. The lowest BCUT2D eigenvalue weighted by Crippen LogP contribution is -2.30. The molecular weight excluding hydrogens is 745 g/mol. The molecule has 346 valence electrons. The van der Waals surface area contributed by atoms with Crippen molar-refractivity contribution in [1.82, 2.24) is 0 Å². The zero-order valence-corrected chi connectivity index (χ0v) is 39.5. The van der Waals surface area contributed by atoms with Crippen molar-refractivity contribution in [3.8, 4) is 0 Å². The van der Waals surface area contributed by atoms with Gasteiger partial charge in [0.25, 0.3) is 0 Å². The van der Waals surface area contributed by atoms with E-state index in [4.69, 9.17) is 14.2 Å². The fourth-order valence-electron chi connectivity index (χ4n) is 6.84. The first-order chi connectivity index (χ1) is 29.5. The van der Waals surface area contributed by atoms with Gasteiger partial charge >= 0.3 is 17.9 Å². The fraction of sp³-hybridized carbons (Fsp3) is 0.759. The van der Waals surface area contributed by atoms with E-state index in [-0.39, 0.29) is 31.1 Å². The minimum absolute atomic E-state index is 0.0869. The number of carbonyl (C=O) groups excluding carboxylic acids is 3. The summed E-state index contributed by atoms with van der Waals surface area (Å²) < 4.78 is 16.7. The van der Waals surface area contributed by atoms with Crippen molar-refractivity contribution in [2.45, 2.75) is 252 Å². The molecule has 0 radical (unpaired) electrons. The highest BCUT2D eigenvalue weighted by Gasteiger charge is 2.19. The van der Waals surface area contributed by atoms with Crippen LogP contribution in [0.4, 0.5) is 0 Å². The standard InChI is InChI=1S/C54H94O6/c1-4-7-10-13-16-19-22-24-25-26-27-28-30-32-35-38-41-44-47-53(56)59-50-51(49-58-52(55)46-43-40-37-34-31-21-18-15-12-9-6-3)60-54(57)48-45-42-39-36-33-29-23-20-17-14-11-8-5-2/h11,14-15,18-20,22-23,25-26,51H,4-10,12-13,16-17,21,24,27-50H2,1-3H3/b14-11-,18-15-,22-19-,23-20-,26-25-. The summed E-state index contributed by atoms with van der Waals surface area (Å²) >= 11 is 0. The molecule has 60 heavy (non-hydrogen) atoms. The molecule has 0 amide bonds. The molecule has 0 fully saturated rings. The van der Waals surface area contributed by atoms with E-state index >= 15 is 0 Å². The Kier molecular flexibility index (Phi) is 46.4. The number of hydrogen-bond acceptors (Lipinski definition) is 6. The molecule has 0 spiro atoms. The van der Waals surface area contributed by atoms with E-state index in [0.29, 0.717) is 19.3 Å². The summed E-state index contributed by atoms with van der Waals surface area (Å²) in [4.78, 5) is 37.9. The Morgan fingerprint density at radius 2 is 0.650 bits per heavy atom. The highest BCUT2D eigenvalue weighted by atomic mass is 16.6. The summed E-state index contributed by atoms with van der Waals surface area (Å²) in [6.07, 6.45) is 59.1. The topological polar surface area (TPSA) is 78.9 Å². The highest BCUT2D eigenvalue weighted by Crippen LogP contribution is 2.14. The molecule has 0 aliphatic rings. The average Bonchev–Trinajstić information content (AvgIpc) is 3.24. The number of rotatable bonds is 45. The van der Waals surface area contributed by atoms with Crippen LogP contribution in [0.15, 0.2) is 60.8 Å². The Morgan fingerprint density at radius 1 is 0.333 bits per heavy atom. The fourth-order valence-corrected chi connectivity index (χ4v) is 6.84. The van der Waals surface area contributed by atoms with Gasteiger partial charge in [0.1, 0.15) is 13.2 Å². The zero-order chi connectivity index (χ0) is 43.7. The number of esters is 3. The SMILES string of the molecule is CCC/C=C\C/C=C\CCCCCCCC(=O)OC(COC(=O)CCCCCCC/C=C\CCCC)COC(=O)CCCCCCCCC/C=C\C/C=C\CCCCCC. The lowest BCUT2D eigenvalue weighted by molar-refractivity contribution is -0.167. The van der Waals surface area contributed by atoms with E-state index in [0.717, 1.165) is 109 Å². The number of allylic oxidation sites excluding steroid dienone is 10. The average molecular weight is 839 g/mol. The van der Waals surface area contributed by atoms with Crippen LogP contribution in [0, 0.1) is 0 Å². The van der Waals surface area contributed by atoms with Crippen molar-refractivity contribution in [2.75, 3.05) is 13.2 Å². The van der Waals surface area contributed by atoms with Crippen LogP contribution in [0.1, 0.15) is 245 Å². The van der Waals surface area contributed by atoms with Crippen LogP contribution < -0.4 is 0 Å². The maximum Gasteiger partial charge on any atom is 0.306 e. The van der Waals surface area contributed by atoms with Gasteiger partial charge in [-0.2, -0.15) is 0 Å². The predicted octanol–water partition coefficient (Wildman–Crippen LogP) is 16.5. The van der Waals surface area contributed by atoms with Crippen molar-refractivity contribution in [3.05, 3.63) is 60.8 Å². The normalized spacial score (nSPS) is 12.5. The smallest absolute Gasteiger partial charge is 0.306 e. The van der Waals surface area contributed by atoms with Crippen molar-refractivity contribution < 1.29 is 28.6 Å². The van der Waals surface area contributed by atoms with Gasteiger partial charge in [-0.1, -0.05) is 191 Å². The van der Waals surface area contributed by atoms with Gasteiger partial charge < -0.3 is 14.2 Å². The van der Waals surface area contributed by atoms with Gasteiger partial charge in [0.05, 0.1) is 0 Å². The van der Waals surface area contributed by atoms with Crippen molar-refractivity contribution >= 4 is 17.9 Å². The van der Waals surface area contributed by atoms with Gasteiger partial charge in [-0.15, -0.1) is 0 Å². The molecule has 0 bridgehead atoms. The summed E-state index contributed by atoms with van der Waals surface area (Å²) in [7, 11) is 0. The third-order valence-corrected chi connectivity index (χ3v) is 10.7. The number of hydrogen-bond donors (Lipinski definition) is 0. The van der Waals surface area contributed by atoms with Crippen LogP contribution >= 0.6 is 0 Å². The minimum Gasteiger partial charge on any atom is -0.462 e. The quantitative estimate of drug-likeness (QED) is 0.0263. The molecule has 0 N–H and O–H groups in total. The molecule has 0 aliphatic carbocycles. The molecule has 0 saturated carbocycles. The van der Waals surface area contributed by atoms with Crippen molar-refractivity contribution in [1.29, 1.82) is 0 Å². The van der Waals surface area contributed by atoms with Crippen molar-refractivity contribution in [3.63, 3.8) is 0 Å². The van der Waals surface area contributed by atoms with Crippen molar-refractivity contribution in [2.24, 2.45) is 0 Å². The zero-order valence-electron chi connectivity index (χ0n) is 39.5. The van der Waals surface area contributed by atoms with Gasteiger partial charge in [-0.05, 0) is 96.3 Å². The van der Waals surface area contributed by atoms with E-state index in [9.17, 15) is 14.4 Å². The predicted molar refractivity (Wildman–Crippen MR) is 256 cm³/mol. The van der Waals surface area contributed by atoms with Crippen LogP contribution in [0.3, 0.4) is 0 Å². The minimum atomic E-state index is -0.786. The molecular formula is C54H94O6. The second-order valence-electron chi connectivity index (χ2n) is 16.7. The van der Waals surface area contributed by atoms with Crippen LogP contribution in [0.5, 0.6) is 0 Å².